The predicted molar refractivity (Wildman–Crippen MR) is 95.3 cm³/mol. The van der Waals surface area contributed by atoms with Gasteiger partial charge in [0.15, 0.2) is 0 Å². The van der Waals surface area contributed by atoms with Crippen molar-refractivity contribution in [3.63, 3.8) is 0 Å². The number of nitrogens with zero attached hydrogens (tertiary/aromatic N) is 3. The second-order valence-electron chi connectivity index (χ2n) is 6.41. The van der Waals surface area contributed by atoms with E-state index in [9.17, 15) is 4.79 Å². The standard InChI is InChI=1S/C17H28N4O.ClH/c1-5-18-10-14-6-8-21(9-7-14)17(22)15-11-19-13(4)20-16(15)12(2)3;/h11-12,14,18H,5-10H2,1-4H3;1H. The molecule has 23 heavy (non-hydrogen) atoms. The molecule has 1 aromatic rings. The van der Waals surface area contributed by atoms with Gasteiger partial charge in [0.05, 0.1) is 11.3 Å². The van der Waals surface area contributed by atoms with Crippen LogP contribution in [0.2, 0.25) is 0 Å². The van der Waals surface area contributed by atoms with Crippen molar-refractivity contribution in [2.75, 3.05) is 26.2 Å². The SMILES string of the molecule is CCNCC1CCN(C(=O)c2cnc(C)nc2C(C)C)CC1.Cl. The Morgan fingerprint density at radius 1 is 1.39 bits per heavy atom. The molecule has 0 bridgehead atoms. The summed E-state index contributed by atoms with van der Waals surface area (Å²) in [4.78, 5) is 23.4. The number of aromatic nitrogens is 2. The summed E-state index contributed by atoms with van der Waals surface area (Å²) in [6.07, 6.45) is 3.84. The maximum atomic E-state index is 12.8. The molecule has 1 amide bonds. The summed E-state index contributed by atoms with van der Waals surface area (Å²) < 4.78 is 0. The third kappa shape index (κ3) is 5.15. The molecule has 1 N–H and O–H groups in total. The van der Waals surface area contributed by atoms with E-state index in [0.29, 0.717) is 11.5 Å². The van der Waals surface area contributed by atoms with Crippen LogP contribution in [0.1, 0.15) is 61.4 Å². The topological polar surface area (TPSA) is 58.1 Å². The van der Waals surface area contributed by atoms with Crippen molar-refractivity contribution in [2.45, 2.75) is 46.5 Å². The van der Waals surface area contributed by atoms with Crippen molar-refractivity contribution >= 4 is 18.3 Å². The lowest BCUT2D eigenvalue weighted by atomic mass is 9.95. The number of piperidine rings is 1. The van der Waals surface area contributed by atoms with E-state index in [2.05, 4.69) is 36.1 Å². The van der Waals surface area contributed by atoms with Crippen LogP contribution in [0.5, 0.6) is 0 Å². The lowest BCUT2D eigenvalue weighted by Gasteiger charge is -2.32. The van der Waals surface area contributed by atoms with Crippen LogP contribution in [0.25, 0.3) is 0 Å². The zero-order valence-electron chi connectivity index (χ0n) is 14.6. The molecule has 1 fully saturated rings. The van der Waals surface area contributed by atoms with Gasteiger partial charge in [0, 0.05) is 19.3 Å². The number of carbonyl (C=O) groups excluding carboxylic acids is 1. The molecule has 0 aromatic carbocycles. The molecule has 0 spiro atoms. The average Bonchev–Trinajstić information content (AvgIpc) is 2.52. The van der Waals surface area contributed by atoms with Crippen LogP contribution in [0.3, 0.4) is 0 Å². The number of nitrogens with one attached hydrogen (secondary N) is 1. The first-order chi connectivity index (χ1) is 10.5. The summed E-state index contributed by atoms with van der Waals surface area (Å²) in [6.45, 7) is 11.9. The summed E-state index contributed by atoms with van der Waals surface area (Å²) in [5.41, 5.74) is 1.54. The molecule has 1 saturated heterocycles. The van der Waals surface area contributed by atoms with Gasteiger partial charge >= 0.3 is 0 Å². The second kappa shape index (κ2) is 9.18. The first-order valence-electron chi connectivity index (χ1n) is 8.36. The zero-order chi connectivity index (χ0) is 16.1. The fraction of sp³-hybridized carbons (Fsp3) is 0.706. The van der Waals surface area contributed by atoms with Crippen LogP contribution in [0.4, 0.5) is 0 Å². The average molecular weight is 341 g/mol. The highest BCUT2D eigenvalue weighted by atomic mass is 35.5. The van der Waals surface area contributed by atoms with Gasteiger partial charge in [0.1, 0.15) is 5.82 Å². The quantitative estimate of drug-likeness (QED) is 0.895. The van der Waals surface area contributed by atoms with Crippen LogP contribution in [-0.4, -0.2) is 47.0 Å². The van der Waals surface area contributed by atoms with E-state index in [1.54, 1.807) is 6.20 Å². The highest BCUT2D eigenvalue weighted by Crippen LogP contribution is 2.22. The highest BCUT2D eigenvalue weighted by Gasteiger charge is 2.26. The van der Waals surface area contributed by atoms with Gasteiger partial charge in [-0.3, -0.25) is 4.79 Å². The van der Waals surface area contributed by atoms with Crippen molar-refractivity contribution in [1.82, 2.24) is 20.2 Å². The minimum absolute atomic E-state index is 0. The van der Waals surface area contributed by atoms with Crippen LogP contribution >= 0.6 is 12.4 Å². The smallest absolute Gasteiger partial charge is 0.257 e. The van der Waals surface area contributed by atoms with E-state index in [4.69, 9.17) is 0 Å². The van der Waals surface area contributed by atoms with E-state index in [1.165, 1.54) is 0 Å². The molecule has 2 heterocycles. The van der Waals surface area contributed by atoms with Crippen LogP contribution in [-0.2, 0) is 0 Å². The van der Waals surface area contributed by atoms with Crippen LogP contribution in [0.15, 0.2) is 6.20 Å². The zero-order valence-corrected chi connectivity index (χ0v) is 15.4. The molecular weight excluding hydrogens is 312 g/mol. The van der Waals surface area contributed by atoms with Crippen molar-refractivity contribution < 1.29 is 4.79 Å². The predicted octanol–water partition coefficient (Wildman–Crippen LogP) is 2.79. The van der Waals surface area contributed by atoms with Gasteiger partial charge in [-0.25, -0.2) is 9.97 Å². The minimum Gasteiger partial charge on any atom is -0.339 e. The molecule has 1 aliphatic heterocycles. The van der Waals surface area contributed by atoms with Gasteiger partial charge in [0.25, 0.3) is 5.91 Å². The minimum atomic E-state index is 0. The Kier molecular flexibility index (Phi) is 7.92. The molecule has 1 aromatic heterocycles. The fourth-order valence-electron chi connectivity index (χ4n) is 2.95. The fourth-order valence-corrected chi connectivity index (χ4v) is 2.95. The molecule has 1 aliphatic rings. The summed E-state index contributed by atoms with van der Waals surface area (Å²) in [7, 11) is 0. The maximum absolute atomic E-state index is 12.8. The van der Waals surface area contributed by atoms with Crippen LogP contribution < -0.4 is 5.32 Å². The van der Waals surface area contributed by atoms with Gasteiger partial charge in [-0.2, -0.15) is 0 Å². The normalized spacial score (nSPS) is 15.6. The summed E-state index contributed by atoms with van der Waals surface area (Å²) >= 11 is 0. The lowest BCUT2D eigenvalue weighted by Crippen LogP contribution is -2.41. The molecule has 2 rings (SSSR count). The van der Waals surface area contributed by atoms with Crippen molar-refractivity contribution in [3.8, 4) is 0 Å². The Morgan fingerprint density at radius 3 is 2.61 bits per heavy atom. The van der Waals surface area contributed by atoms with E-state index < -0.39 is 0 Å². The maximum Gasteiger partial charge on any atom is 0.257 e. The first-order valence-corrected chi connectivity index (χ1v) is 8.36. The third-order valence-corrected chi connectivity index (χ3v) is 4.30. The Morgan fingerprint density at radius 2 is 2.04 bits per heavy atom. The summed E-state index contributed by atoms with van der Waals surface area (Å²) in [5.74, 6) is 1.73. The first kappa shape index (κ1) is 19.8. The third-order valence-electron chi connectivity index (χ3n) is 4.30. The number of likely N-dealkylation sites (tertiary alicyclic amines) is 1. The lowest BCUT2D eigenvalue weighted by molar-refractivity contribution is 0.0687. The number of amides is 1. The second-order valence-corrected chi connectivity index (χ2v) is 6.41. The number of carbonyl (C=O) groups is 1. The molecular formula is C17H29ClN4O. The Hall–Kier alpha value is -1.20. The Bertz CT molecular complexity index is 513. The van der Waals surface area contributed by atoms with Crippen molar-refractivity contribution in [1.29, 1.82) is 0 Å². The highest BCUT2D eigenvalue weighted by molar-refractivity contribution is 5.95. The summed E-state index contributed by atoms with van der Waals surface area (Å²) in [5, 5.41) is 3.40. The van der Waals surface area contributed by atoms with Gasteiger partial charge in [-0.05, 0) is 44.7 Å². The Labute approximate surface area is 145 Å². The van der Waals surface area contributed by atoms with Gasteiger partial charge in [-0.1, -0.05) is 20.8 Å². The molecule has 0 aliphatic carbocycles. The molecule has 0 radical (unpaired) electrons. The molecule has 6 heteroatoms. The van der Waals surface area contributed by atoms with Crippen molar-refractivity contribution in [3.05, 3.63) is 23.3 Å². The van der Waals surface area contributed by atoms with Gasteiger partial charge < -0.3 is 10.2 Å². The summed E-state index contributed by atoms with van der Waals surface area (Å²) in [6, 6.07) is 0. The van der Waals surface area contributed by atoms with Gasteiger partial charge in [-0.15, -0.1) is 12.4 Å². The number of hydrogen-bond donors (Lipinski definition) is 1. The number of halogens is 1. The number of rotatable bonds is 5. The van der Waals surface area contributed by atoms with E-state index in [1.807, 2.05) is 11.8 Å². The number of aryl methyl sites for hydroxylation is 1. The van der Waals surface area contributed by atoms with E-state index in [-0.39, 0.29) is 24.2 Å². The number of hydrogen-bond acceptors (Lipinski definition) is 4. The Balaban J connectivity index is 0.00000264. The van der Waals surface area contributed by atoms with E-state index in [0.717, 1.165) is 50.5 Å². The molecule has 0 unspecified atom stereocenters. The van der Waals surface area contributed by atoms with Crippen molar-refractivity contribution in [2.24, 2.45) is 5.92 Å². The van der Waals surface area contributed by atoms with Crippen LogP contribution in [0, 0.1) is 12.8 Å². The van der Waals surface area contributed by atoms with E-state index >= 15 is 0 Å². The monoisotopic (exact) mass is 340 g/mol. The molecule has 5 nitrogen and oxygen atoms in total. The van der Waals surface area contributed by atoms with Gasteiger partial charge in [0.2, 0.25) is 0 Å². The largest absolute Gasteiger partial charge is 0.339 e. The molecule has 130 valence electrons. The molecule has 0 atom stereocenters. The molecule has 0 saturated carbocycles.